The molecule has 19 heavy (non-hydrogen) atoms. The van der Waals surface area contributed by atoms with Crippen LogP contribution in [-0.2, 0) is 12.0 Å². The lowest BCUT2D eigenvalue weighted by atomic mass is 9.86. The van der Waals surface area contributed by atoms with Gasteiger partial charge in [-0.05, 0) is 36.6 Å². The Bertz CT molecular complexity index is 596. The molecule has 1 unspecified atom stereocenters. The van der Waals surface area contributed by atoms with Crippen LogP contribution in [0.25, 0.3) is 0 Å². The molecule has 0 spiro atoms. The molecule has 1 nitrogen and oxygen atoms in total. The number of hydrogen-bond donors (Lipinski definition) is 1. The van der Waals surface area contributed by atoms with Gasteiger partial charge in [0.25, 0.3) is 0 Å². The van der Waals surface area contributed by atoms with E-state index < -0.39 is 5.54 Å². The van der Waals surface area contributed by atoms with Crippen LogP contribution in [0.4, 0.5) is 0 Å². The van der Waals surface area contributed by atoms with Crippen molar-refractivity contribution in [1.29, 1.82) is 0 Å². The second-order valence-corrected chi connectivity index (χ2v) is 6.43. The fraction of sp³-hybridized carbons (Fsp3) is 0.200. The summed E-state index contributed by atoms with van der Waals surface area (Å²) in [5.74, 6) is 0. The fourth-order valence-electron chi connectivity index (χ4n) is 2.10. The Hall–Kier alpha value is -0.540. The normalized spacial score (nSPS) is 14.2. The molecule has 0 bridgehead atoms. The monoisotopic (exact) mass is 357 g/mol. The zero-order valence-corrected chi connectivity index (χ0v) is 13.6. The number of rotatable bonds is 3. The van der Waals surface area contributed by atoms with E-state index in [0.29, 0.717) is 16.5 Å². The molecular weight excluding hydrogens is 345 g/mol. The first-order valence-corrected chi connectivity index (χ1v) is 7.43. The van der Waals surface area contributed by atoms with E-state index in [2.05, 4.69) is 15.9 Å². The molecule has 2 N–H and O–H groups in total. The van der Waals surface area contributed by atoms with Crippen LogP contribution in [0.1, 0.15) is 18.1 Å². The van der Waals surface area contributed by atoms with Crippen LogP contribution in [0.5, 0.6) is 0 Å². The predicted molar refractivity (Wildman–Crippen MR) is 85.8 cm³/mol. The van der Waals surface area contributed by atoms with Crippen LogP contribution < -0.4 is 5.73 Å². The molecule has 2 aromatic rings. The maximum Gasteiger partial charge on any atom is 0.0625 e. The van der Waals surface area contributed by atoms with Crippen LogP contribution in [0.15, 0.2) is 46.9 Å². The van der Waals surface area contributed by atoms with Crippen LogP contribution in [0.3, 0.4) is 0 Å². The van der Waals surface area contributed by atoms with E-state index in [1.165, 1.54) is 0 Å². The number of hydrogen-bond acceptors (Lipinski definition) is 1. The molecule has 0 saturated carbocycles. The first-order valence-electron chi connectivity index (χ1n) is 5.88. The largest absolute Gasteiger partial charge is 0.321 e. The highest BCUT2D eigenvalue weighted by atomic mass is 79.9. The third-order valence-electron chi connectivity index (χ3n) is 3.08. The first kappa shape index (κ1) is 14.9. The van der Waals surface area contributed by atoms with Crippen LogP contribution in [0.2, 0.25) is 10.0 Å². The van der Waals surface area contributed by atoms with Gasteiger partial charge in [0, 0.05) is 10.0 Å². The second-order valence-electron chi connectivity index (χ2n) is 4.79. The van der Waals surface area contributed by atoms with Gasteiger partial charge in [0.1, 0.15) is 0 Å². The van der Waals surface area contributed by atoms with Gasteiger partial charge in [0.05, 0.1) is 10.0 Å². The molecule has 0 amide bonds. The molecule has 0 saturated heterocycles. The Morgan fingerprint density at radius 2 is 1.79 bits per heavy atom. The summed E-state index contributed by atoms with van der Waals surface area (Å²) in [5, 5.41) is 1.13. The van der Waals surface area contributed by atoms with E-state index >= 15 is 0 Å². The van der Waals surface area contributed by atoms with Crippen LogP contribution in [0, 0.1) is 0 Å². The van der Waals surface area contributed by atoms with Crippen LogP contribution in [-0.4, -0.2) is 0 Å². The summed E-state index contributed by atoms with van der Waals surface area (Å²) in [7, 11) is 0. The standard InChI is InChI=1S/C15H14BrCl2N/c1-15(19,11-6-2-3-7-12(11)16)9-10-5-4-8-13(17)14(10)18/h2-8H,9,19H2,1H3. The summed E-state index contributed by atoms with van der Waals surface area (Å²) < 4.78 is 0.998. The molecule has 4 heteroatoms. The minimum absolute atomic E-state index is 0.519. The Morgan fingerprint density at radius 1 is 1.11 bits per heavy atom. The van der Waals surface area contributed by atoms with Crippen molar-refractivity contribution < 1.29 is 0 Å². The first-order chi connectivity index (χ1) is 8.92. The highest BCUT2D eigenvalue weighted by Gasteiger charge is 2.25. The number of halogens is 3. The van der Waals surface area contributed by atoms with Gasteiger partial charge in [-0.2, -0.15) is 0 Å². The molecule has 100 valence electrons. The molecule has 0 fully saturated rings. The minimum Gasteiger partial charge on any atom is -0.321 e. The van der Waals surface area contributed by atoms with Gasteiger partial charge in [0.2, 0.25) is 0 Å². The molecule has 1 atom stereocenters. The van der Waals surface area contributed by atoms with Crippen molar-refractivity contribution in [2.45, 2.75) is 18.9 Å². The summed E-state index contributed by atoms with van der Waals surface area (Å²) in [6.07, 6.45) is 0.620. The average molecular weight is 359 g/mol. The van der Waals surface area contributed by atoms with Gasteiger partial charge in [0.15, 0.2) is 0 Å². The van der Waals surface area contributed by atoms with Crippen molar-refractivity contribution in [1.82, 2.24) is 0 Å². The zero-order valence-electron chi connectivity index (χ0n) is 10.5. The van der Waals surface area contributed by atoms with Crippen molar-refractivity contribution in [3.05, 3.63) is 68.1 Å². The second kappa shape index (κ2) is 5.84. The zero-order chi connectivity index (χ0) is 14.0. The molecule has 2 aromatic carbocycles. The van der Waals surface area contributed by atoms with Crippen molar-refractivity contribution in [2.75, 3.05) is 0 Å². The predicted octanol–water partition coefficient (Wildman–Crippen LogP) is 5.17. The van der Waals surface area contributed by atoms with Crippen molar-refractivity contribution >= 4 is 39.1 Å². The lowest BCUT2D eigenvalue weighted by Crippen LogP contribution is -2.36. The molecule has 0 aliphatic carbocycles. The fourth-order valence-corrected chi connectivity index (χ4v) is 3.22. The maximum absolute atomic E-state index is 6.46. The highest BCUT2D eigenvalue weighted by Crippen LogP contribution is 2.33. The maximum atomic E-state index is 6.46. The van der Waals surface area contributed by atoms with Gasteiger partial charge < -0.3 is 5.73 Å². The summed E-state index contributed by atoms with van der Waals surface area (Å²) in [5.41, 5.74) is 7.94. The Kier molecular flexibility index (Phi) is 4.57. The highest BCUT2D eigenvalue weighted by molar-refractivity contribution is 9.10. The molecule has 0 aromatic heterocycles. The van der Waals surface area contributed by atoms with Gasteiger partial charge in [-0.1, -0.05) is 69.5 Å². The smallest absolute Gasteiger partial charge is 0.0625 e. The Morgan fingerprint density at radius 3 is 2.47 bits per heavy atom. The topological polar surface area (TPSA) is 26.0 Å². The third-order valence-corrected chi connectivity index (χ3v) is 4.63. The van der Waals surface area contributed by atoms with Gasteiger partial charge in [-0.25, -0.2) is 0 Å². The summed E-state index contributed by atoms with van der Waals surface area (Å²) in [6.45, 7) is 1.99. The van der Waals surface area contributed by atoms with E-state index in [1.54, 1.807) is 6.07 Å². The summed E-state index contributed by atoms with van der Waals surface area (Å²) in [4.78, 5) is 0. The Labute approximate surface area is 131 Å². The third kappa shape index (κ3) is 3.32. The van der Waals surface area contributed by atoms with Gasteiger partial charge in [-0.15, -0.1) is 0 Å². The van der Waals surface area contributed by atoms with E-state index in [0.717, 1.165) is 15.6 Å². The van der Waals surface area contributed by atoms with E-state index in [-0.39, 0.29) is 0 Å². The van der Waals surface area contributed by atoms with Crippen LogP contribution >= 0.6 is 39.1 Å². The SMILES string of the molecule is CC(N)(Cc1cccc(Cl)c1Cl)c1ccccc1Br. The lowest BCUT2D eigenvalue weighted by Gasteiger charge is -2.27. The van der Waals surface area contributed by atoms with E-state index in [9.17, 15) is 0 Å². The minimum atomic E-state index is -0.519. The van der Waals surface area contributed by atoms with E-state index in [4.69, 9.17) is 28.9 Å². The van der Waals surface area contributed by atoms with Gasteiger partial charge >= 0.3 is 0 Å². The molecule has 2 rings (SSSR count). The Balaban J connectivity index is 2.36. The quantitative estimate of drug-likeness (QED) is 0.804. The number of nitrogens with two attached hydrogens (primary N) is 1. The van der Waals surface area contributed by atoms with Gasteiger partial charge in [-0.3, -0.25) is 0 Å². The lowest BCUT2D eigenvalue weighted by molar-refractivity contribution is 0.489. The molecule has 0 heterocycles. The number of benzene rings is 2. The summed E-state index contributed by atoms with van der Waals surface area (Å²) in [6, 6.07) is 13.6. The van der Waals surface area contributed by atoms with E-state index in [1.807, 2.05) is 43.3 Å². The van der Waals surface area contributed by atoms with Crippen molar-refractivity contribution in [3.63, 3.8) is 0 Å². The molecule has 0 radical (unpaired) electrons. The molecule has 0 aliphatic rings. The average Bonchev–Trinajstić information content (AvgIpc) is 2.35. The van der Waals surface area contributed by atoms with Crippen molar-refractivity contribution in [3.8, 4) is 0 Å². The molecular formula is C15H14BrCl2N. The molecule has 0 aliphatic heterocycles. The van der Waals surface area contributed by atoms with Crippen molar-refractivity contribution in [2.24, 2.45) is 5.73 Å². The summed E-state index contributed by atoms with van der Waals surface area (Å²) >= 11 is 15.8.